The summed E-state index contributed by atoms with van der Waals surface area (Å²) in [6.45, 7) is 1.55. The standard InChI is InChI=1S/C18H26N4O2/c19-14-6-5-13(11-14)18(24)21-15-3-1-2-4-16(15)22-9-7-12(8-10-22)17(20)23/h1-4,12-14H,5-11,19H2,(H2,20,23)(H,21,24). The number of rotatable bonds is 4. The minimum Gasteiger partial charge on any atom is -0.370 e. The number of nitrogens with zero attached hydrogens (tertiary/aromatic N) is 1. The molecule has 6 nitrogen and oxygen atoms in total. The topological polar surface area (TPSA) is 101 Å². The van der Waals surface area contributed by atoms with Gasteiger partial charge in [-0.3, -0.25) is 9.59 Å². The van der Waals surface area contributed by atoms with E-state index in [9.17, 15) is 9.59 Å². The van der Waals surface area contributed by atoms with E-state index in [4.69, 9.17) is 11.5 Å². The van der Waals surface area contributed by atoms with Crippen LogP contribution < -0.4 is 21.7 Å². The molecule has 1 aliphatic carbocycles. The molecule has 5 N–H and O–H groups in total. The Morgan fingerprint density at radius 1 is 1.04 bits per heavy atom. The van der Waals surface area contributed by atoms with Gasteiger partial charge in [-0.1, -0.05) is 12.1 Å². The second-order valence-electron chi connectivity index (χ2n) is 6.94. The number of para-hydroxylation sites is 2. The van der Waals surface area contributed by atoms with Gasteiger partial charge in [-0.15, -0.1) is 0 Å². The minimum atomic E-state index is -0.214. The van der Waals surface area contributed by atoms with Gasteiger partial charge in [-0.2, -0.15) is 0 Å². The Labute approximate surface area is 142 Å². The lowest BCUT2D eigenvalue weighted by molar-refractivity contribution is -0.122. The maximum Gasteiger partial charge on any atom is 0.227 e. The van der Waals surface area contributed by atoms with E-state index in [0.29, 0.717) is 0 Å². The van der Waals surface area contributed by atoms with Crippen LogP contribution in [0.25, 0.3) is 0 Å². The summed E-state index contributed by atoms with van der Waals surface area (Å²) >= 11 is 0. The summed E-state index contributed by atoms with van der Waals surface area (Å²) in [6, 6.07) is 7.98. The fourth-order valence-electron chi connectivity index (χ4n) is 3.75. The fourth-order valence-corrected chi connectivity index (χ4v) is 3.75. The lowest BCUT2D eigenvalue weighted by Gasteiger charge is -2.33. The molecule has 2 aliphatic rings. The third-order valence-corrected chi connectivity index (χ3v) is 5.24. The first-order chi connectivity index (χ1) is 11.5. The van der Waals surface area contributed by atoms with E-state index in [1.165, 1.54) is 0 Å². The van der Waals surface area contributed by atoms with E-state index < -0.39 is 0 Å². The fraction of sp³-hybridized carbons (Fsp3) is 0.556. The number of primary amides is 1. The van der Waals surface area contributed by atoms with E-state index in [0.717, 1.165) is 56.6 Å². The average Bonchev–Trinajstić information content (AvgIpc) is 3.02. The van der Waals surface area contributed by atoms with Crippen LogP contribution in [0.5, 0.6) is 0 Å². The zero-order valence-corrected chi connectivity index (χ0v) is 13.9. The van der Waals surface area contributed by atoms with E-state index in [2.05, 4.69) is 10.2 Å². The number of carbonyl (C=O) groups is 2. The molecule has 1 aromatic carbocycles. The summed E-state index contributed by atoms with van der Waals surface area (Å²) in [5.74, 6) is -0.187. The first-order valence-electron chi connectivity index (χ1n) is 8.74. The SMILES string of the molecule is NC(=O)C1CCN(c2ccccc2NC(=O)C2CCC(N)C2)CC1. The molecule has 24 heavy (non-hydrogen) atoms. The van der Waals surface area contributed by atoms with Crippen LogP contribution in [0.4, 0.5) is 11.4 Å². The number of hydrogen-bond acceptors (Lipinski definition) is 4. The van der Waals surface area contributed by atoms with Gasteiger partial charge in [0.25, 0.3) is 0 Å². The normalized spacial score (nSPS) is 24.8. The van der Waals surface area contributed by atoms with Crippen LogP contribution in [0.2, 0.25) is 0 Å². The van der Waals surface area contributed by atoms with Gasteiger partial charge in [0.2, 0.25) is 11.8 Å². The van der Waals surface area contributed by atoms with Gasteiger partial charge >= 0.3 is 0 Å². The lowest BCUT2D eigenvalue weighted by atomic mass is 9.96. The Hall–Kier alpha value is -2.08. The van der Waals surface area contributed by atoms with Crippen LogP contribution in [0.15, 0.2) is 24.3 Å². The second kappa shape index (κ2) is 7.21. The molecule has 0 radical (unpaired) electrons. The van der Waals surface area contributed by atoms with E-state index in [1.807, 2.05) is 24.3 Å². The van der Waals surface area contributed by atoms with Crippen molar-refractivity contribution < 1.29 is 9.59 Å². The zero-order valence-electron chi connectivity index (χ0n) is 13.9. The number of carbonyl (C=O) groups excluding carboxylic acids is 2. The predicted molar refractivity (Wildman–Crippen MR) is 94.5 cm³/mol. The van der Waals surface area contributed by atoms with Gasteiger partial charge in [-0.05, 0) is 44.2 Å². The molecule has 3 rings (SSSR count). The molecule has 1 saturated carbocycles. The molecule has 2 atom stereocenters. The highest BCUT2D eigenvalue weighted by atomic mass is 16.2. The van der Waals surface area contributed by atoms with Crippen LogP contribution in [0, 0.1) is 11.8 Å². The summed E-state index contributed by atoms with van der Waals surface area (Å²) in [6.07, 6.45) is 4.06. The Bertz CT molecular complexity index is 611. The summed E-state index contributed by atoms with van der Waals surface area (Å²) in [5, 5.41) is 3.08. The van der Waals surface area contributed by atoms with Crippen molar-refractivity contribution in [2.75, 3.05) is 23.3 Å². The van der Waals surface area contributed by atoms with Gasteiger partial charge in [-0.25, -0.2) is 0 Å². The third-order valence-electron chi connectivity index (χ3n) is 5.24. The van der Waals surface area contributed by atoms with E-state index >= 15 is 0 Å². The number of amides is 2. The second-order valence-corrected chi connectivity index (χ2v) is 6.94. The Morgan fingerprint density at radius 3 is 2.38 bits per heavy atom. The zero-order chi connectivity index (χ0) is 17.1. The summed E-state index contributed by atoms with van der Waals surface area (Å²) in [5.41, 5.74) is 13.2. The minimum absolute atomic E-state index is 0.00801. The van der Waals surface area contributed by atoms with Crippen LogP contribution in [-0.4, -0.2) is 30.9 Å². The first kappa shape index (κ1) is 16.8. The van der Waals surface area contributed by atoms with Crippen molar-refractivity contribution in [2.45, 2.75) is 38.1 Å². The number of nitrogens with two attached hydrogens (primary N) is 2. The highest BCUT2D eigenvalue weighted by Crippen LogP contribution is 2.31. The predicted octanol–water partition coefficient (Wildman–Crippen LogP) is 1.45. The molecular weight excluding hydrogens is 304 g/mol. The molecule has 0 spiro atoms. The molecule has 1 saturated heterocycles. The molecule has 0 bridgehead atoms. The van der Waals surface area contributed by atoms with Crippen molar-refractivity contribution in [3.63, 3.8) is 0 Å². The van der Waals surface area contributed by atoms with Crippen molar-refractivity contribution in [3.8, 4) is 0 Å². The Kier molecular flexibility index (Phi) is 5.04. The van der Waals surface area contributed by atoms with Crippen molar-refractivity contribution >= 4 is 23.2 Å². The van der Waals surface area contributed by atoms with Crippen LogP contribution in [0.1, 0.15) is 32.1 Å². The van der Waals surface area contributed by atoms with E-state index in [-0.39, 0.29) is 29.7 Å². The Balaban J connectivity index is 1.67. The number of nitrogens with one attached hydrogen (secondary N) is 1. The molecule has 6 heteroatoms. The molecule has 0 aromatic heterocycles. The van der Waals surface area contributed by atoms with Crippen molar-refractivity contribution in [1.29, 1.82) is 0 Å². The van der Waals surface area contributed by atoms with Gasteiger partial charge in [0, 0.05) is 31.0 Å². The molecule has 2 unspecified atom stereocenters. The van der Waals surface area contributed by atoms with Gasteiger partial charge in [0.15, 0.2) is 0 Å². The van der Waals surface area contributed by atoms with E-state index in [1.54, 1.807) is 0 Å². The molecule has 2 fully saturated rings. The van der Waals surface area contributed by atoms with Crippen LogP contribution in [0.3, 0.4) is 0 Å². The van der Waals surface area contributed by atoms with Gasteiger partial charge in [0.1, 0.15) is 0 Å². The maximum absolute atomic E-state index is 12.5. The number of piperidine rings is 1. The summed E-state index contributed by atoms with van der Waals surface area (Å²) in [7, 11) is 0. The number of benzene rings is 1. The number of hydrogen-bond donors (Lipinski definition) is 3. The molecule has 130 valence electrons. The molecule has 1 aliphatic heterocycles. The maximum atomic E-state index is 12.5. The highest BCUT2D eigenvalue weighted by molar-refractivity contribution is 5.96. The Morgan fingerprint density at radius 2 is 1.75 bits per heavy atom. The number of anilines is 2. The monoisotopic (exact) mass is 330 g/mol. The smallest absolute Gasteiger partial charge is 0.227 e. The van der Waals surface area contributed by atoms with Crippen molar-refractivity contribution in [1.82, 2.24) is 0 Å². The van der Waals surface area contributed by atoms with Crippen molar-refractivity contribution in [2.24, 2.45) is 23.3 Å². The third kappa shape index (κ3) is 3.70. The van der Waals surface area contributed by atoms with Gasteiger partial charge < -0.3 is 21.7 Å². The van der Waals surface area contributed by atoms with Gasteiger partial charge in [0.05, 0.1) is 11.4 Å². The molecule has 1 aromatic rings. The summed E-state index contributed by atoms with van der Waals surface area (Å²) in [4.78, 5) is 26.0. The largest absolute Gasteiger partial charge is 0.370 e. The van der Waals surface area contributed by atoms with Crippen LogP contribution >= 0.6 is 0 Å². The summed E-state index contributed by atoms with van der Waals surface area (Å²) < 4.78 is 0. The molecule has 2 amide bonds. The molecular formula is C18H26N4O2. The average molecular weight is 330 g/mol. The highest BCUT2D eigenvalue weighted by Gasteiger charge is 2.29. The first-order valence-corrected chi connectivity index (χ1v) is 8.74. The lowest BCUT2D eigenvalue weighted by Crippen LogP contribution is -2.39. The molecule has 1 heterocycles. The van der Waals surface area contributed by atoms with Crippen LogP contribution in [-0.2, 0) is 9.59 Å². The quantitative estimate of drug-likeness (QED) is 0.778. The van der Waals surface area contributed by atoms with Crippen molar-refractivity contribution in [3.05, 3.63) is 24.3 Å².